The summed E-state index contributed by atoms with van der Waals surface area (Å²) < 4.78 is 0. The van der Waals surface area contributed by atoms with Gasteiger partial charge in [-0.25, -0.2) is 0 Å². The van der Waals surface area contributed by atoms with Crippen molar-refractivity contribution in [2.24, 2.45) is 0 Å². The number of likely N-dealkylation sites (N-methyl/N-ethyl adjacent to an activating group) is 1. The Labute approximate surface area is 130 Å². The van der Waals surface area contributed by atoms with Crippen LogP contribution in [0.5, 0.6) is 0 Å². The summed E-state index contributed by atoms with van der Waals surface area (Å²) in [4.78, 5) is 15.6. The van der Waals surface area contributed by atoms with Crippen molar-refractivity contribution in [2.75, 3.05) is 18.9 Å². The van der Waals surface area contributed by atoms with Gasteiger partial charge in [0.05, 0.1) is 11.6 Å². The van der Waals surface area contributed by atoms with E-state index in [0.29, 0.717) is 5.56 Å². The Kier molecular flexibility index (Phi) is 5.38. The molecule has 21 heavy (non-hydrogen) atoms. The molecule has 1 aromatic rings. The Morgan fingerprint density at radius 1 is 1.43 bits per heavy atom. The maximum Gasteiger partial charge on any atom is 0.242 e. The highest BCUT2D eigenvalue weighted by atomic mass is 32.1. The van der Waals surface area contributed by atoms with Gasteiger partial charge in [0.1, 0.15) is 11.1 Å². The Morgan fingerprint density at radius 2 is 2.14 bits per heavy atom. The van der Waals surface area contributed by atoms with E-state index >= 15 is 0 Å². The summed E-state index contributed by atoms with van der Waals surface area (Å²) in [6.07, 6.45) is 5.55. The fourth-order valence-corrected chi connectivity index (χ4v) is 3.88. The van der Waals surface area contributed by atoms with Crippen LogP contribution >= 0.6 is 11.3 Å². The van der Waals surface area contributed by atoms with E-state index in [4.69, 9.17) is 0 Å². The Bertz CT molecular complexity index is 559. The third-order valence-electron chi connectivity index (χ3n) is 4.31. The molecule has 1 N–H and O–H groups in total. The fraction of sp³-hybridized carbons (Fsp3) is 0.625. The summed E-state index contributed by atoms with van der Waals surface area (Å²) in [5.41, 5.74) is 1.86. The second-order valence-electron chi connectivity index (χ2n) is 5.62. The van der Waals surface area contributed by atoms with E-state index in [-0.39, 0.29) is 11.9 Å². The van der Waals surface area contributed by atoms with Gasteiger partial charge in [-0.2, -0.15) is 5.26 Å². The smallest absolute Gasteiger partial charge is 0.242 e. The van der Waals surface area contributed by atoms with Crippen LogP contribution in [0.3, 0.4) is 0 Å². The number of rotatable bonds is 4. The molecule has 1 heterocycles. The monoisotopic (exact) mass is 305 g/mol. The van der Waals surface area contributed by atoms with Crippen LogP contribution in [0.4, 0.5) is 5.00 Å². The Hall–Kier alpha value is -1.38. The third kappa shape index (κ3) is 3.45. The van der Waals surface area contributed by atoms with Crippen LogP contribution in [0.2, 0.25) is 0 Å². The molecule has 2 rings (SSSR count). The molecule has 4 nitrogen and oxygen atoms in total. The lowest BCUT2D eigenvalue weighted by molar-refractivity contribution is -0.120. The van der Waals surface area contributed by atoms with E-state index in [1.54, 1.807) is 11.3 Å². The Morgan fingerprint density at radius 3 is 2.81 bits per heavy atom. The molecule has 0 unspecified atom stereocenters. The molecule has 1 atom stereocenters. The number of carbonyl (C=O) groups is 1. The molecule has 1 amide bonds. The van der Waals surface area contributed by atoms with Crippen LogP contribution in [0.15, 0.2) is 0 Å². The number of nitrogens with zero attached hydrogens (tertiary/aromatic N) is 2. The average molecular weight is 305 g/mol. The van der Waals surface area contributed by atoms with Crippen molar-refractivity contribution in [2.45, 2.75) is 52.0 Å². The van der Waals surface area contributed by atoms with E-state index in [0.717, 1.165) is 30.8 Å². The Balaban J connectivity index is 2.21. The quantitative estimate of drug-likeness (QED) is 0.869. The minimum atomic E-state index is -0.191. The van der Waals surface area contributed by atoms with Crippen molar-refractivity contribution in [3.63, 3.8) is 0 Å². The van der Waals surface area contributed by atoms with Crippen molar-refractivity contribution >= 4 is 22.2 Å². The number of nitriles is 1. The van der Waals surface area contributed by atoms with E-state index in [1.165, 1.54) is 23.3 Å². The SMILES string of the molecule is CCN(C)[C@H](C)C(=O)Nc1sc2c(c1C#N)CCCCC2. The summed E-state index contributed by atoms with van der Waals surface area (Å²) in [6, 6.07) is 2.11. The van der Waals surface area contributed by atoms with Gasteiger partial charge >= 0.3 is 0 Å². The van der Waals surface area contributed by atoms with Gasteiger partial charge in [0.25, 0.3) is 0 Å². The van der Waals surface area contributed by atoms with Crippen molar-refractivity contribution < 1.29 is 4.79 Å². The molecule has 0 aromatic carbocycles. The number of aryl methyl sites for hydroxylation is 1. The van der Waals surface area contributed by atoms with Gasteiger partial charge in [0.15, 0.2) is 0 Å². The molecule has 0 spiro atoms. The maximum absolute atomic E-state index is 12.3. The molecule has 5 heteroatoms. The summed E-state index contributed by atoms with van der Waals surface area (Å²) in [7, 11) is 1.93. The van der Waals surface area contributed by atoms with Crippen LogP contribution in [0.25, 0.3) is 0 Å². The lowest BCUT2D eigenvalue weighted by atomic mass is 10.1. The lowest BCUT2D eigenvalue weighted by Gasteiger charge is -2.21. The highest BCUT2D eigenvalue weighted by molar-refractivity contribution is 7.16. The number of amides is 1. The molecule has 0 fully saturated rings. The van der Waals surface area contributed by atoms with Gasteiger partial charge in [0.2, 0.25) is 5.91 Å². The molecule has 1 aliphatic carbocycles. The van der Waals surface area contributed by atoms with Gasteiger partial charge in [0, 0.05) is 4.88 Å². The minimum Gasteiger partial charge on any atom is -0.315 e. The third-order valence-corrected chi connectivity index (χ3v) is 5.52. The number of hydrogen-bond donors (Lipinski definition) is 1. The molecule has 0 radical (unpaired) electrons. The zero-order valence-corrected chi connectivity index (χ0v) is 13.8. The van der Waals surface area contributed by atoms with Gasteiger partial charge in [-0.15, -0.1) is 11.3 Å². The van der Waals surface area contributed by atoms with Gasteiger partial charge in [-0.3, -0.25) is 9.69 Å². The first-order chi connectivity index (χ1) is 10.1. The number of thiophene rings is 1. The first-order valence-corrected chi connectivity index (χ1v) is 8.45. The number of anilines is 1. The van der Waals surface area contributed by atoms with Crippen LogP contribution in [-0.4, -0.2) is 30.4 Å². The number of hydrogen-bond acceptors (Lipinski definition) is 4. The van der Waals surface area contributed by atoms with E-state index < -0.39 is 0 Å². The molecule has 1 aromatic heterocycles. The molecule has 0 bridgehead atoms. The lowest BCUT2D eigenvalue weighted by Crippen LogP contribution is -2.39. The van der Waals surface area contributed by atoms with E-state index in [1.807, 2.05) is 25.8 Å². The zero-order chi connectivity index (χ0) is 15.4. The zero-order valence-electron chi connectivity index (χ0n) is 13.0. The second kappa shape index (κ2) is 7.06. The van der Waals surface area contributed by atoms with E-state index in [9.17, 15) is 10.1 Å². The van der Waals surface area contributed by atoms with Gasteiger partial charge in [-0.05, 0) is 51.8 Å². The predicted octanol–water partition coefficient (Wildman–Crippen LogP) is 3.17. The largest absolute Gasteiger partial charge is 0.315 e. The van der Waals surface area contributed by atoms with Crippen LogP contribution < -0.4 is 5.32 Å². The van der Waals surface area contributed by atoms with Gasteiger partial charge in [-0.1, -0.05) is 13.3 Å². The molecule has 0 aliphatic heterocycles. The predicted molar refractivity (Wildman–Crippen MR) is 86.7 cm³/mol. The molecule has 0 saturated heterocycles. The number of fused-ring (bicyclic) bond motifs is 1. The molecule has 0 saturated carbocycles. The van der Waals surface area contributed by atoms with Crippen molar-refractivity contribution in [3.05, 3.63) is 16.0 Å². The molecular weight excluding hydrogens is 282 g/mol. The van der Waals surface area contributed by atoms with Crippen LogP contribution in [0, 0.1) is 11.3 Å². The second-order valence-corrected chi connectivity index (χ2v) is 6.72. The highest BCUT2D eigenvalue weighted by Gasteiger charge is 2.23. The van der Waals surface area contributed by atoms with Crippen molar-refractivity contribution in [3.8, 4) is 6.07 Å². The maximum atomic E-state index is 12.3. The number of nitrogens with one attached hydrogen (secondary N) is 1. The van der Waals surface area contributed by atoms with E-state index in [2.05, 4.69) is 11.4 Å². The van der Waals surface area contributed by atoms with Gasteiger partial charge < -0.3 is 5.32 Å². The number of carbonyl (C=O) groups excluding carboxylic acids is 1. The minimum absolute atomic E-state index is 0.0349. The summed E-state index contributed by atoms with van der Waals surface area (Å²) >= 11 is 1.59. The average Bonchev–Trinajstić information content (AvgIpc) is 2.65. The first-order valence-electron chi connectivity index (χ1n) is 7.64. The highest BCUT2D eigenvalue weighted by Crippen LogP contribution is 2.37. The fourth-order valence-electron chi connectivity index (χ4n) is 2.64. The summed E-state index contributed by atoms with van der Waals surface area (Å²) in [5, 5.41) is 13.2. The van der Waals surface area contributed by atoms with Crippen LogP contribution in [0.1, 0.15) is 49.1 Å². The first kappa shape index (κ1) is 16.0. The summed E-state index contributed by atoms with van der Waals surface area (Å²) in [6.45, 7) is 4.74. The summed E-state index contributed by atoms with van der Waals surface area (Å²) in [5.74, 6) is -0.0349. The van der Waals surface area contributed by atoms with Crippen molar-refractivity contribution in [1.29, 1.82) is 5.26 Å². The molecule has 1 aliphatic rings. The molecule has 114 valence electrons. The van der Waals surface area contributed by atoms with Crippen LogP contribution in [-0.2, 0) is 17.6 Å². The normalized spacial score (nSPS) is 16.0. The standard InChI is InChI=1S/C16H23N3OS/c1-4-19(3)11(2)15(20)18-16-13(10-17)12-8-6-5-7-9-14(12)21-16/h11H,4-9H2,1-3H3,(H,18,20)/t11-/m1/s1. The topological polar surface area (TPSA) is 56.1 Å². The van der Waals surface area contributed by atoms with Crippen molar-refractivity contribution in [1.82, 2.24) is 4.90 Å². The molecular formula is C16H23N3OS.